The van der Waals surface area contributed by atoms with Gasteiger partial charge in [-0.25, -0.2) is 0 Å². The van der Waals surface area contributed by atoms with Gasteiger partial charge in [-0.3, -0.25) is 14.6 Å². The van der Waals surface area contributed by atoms with Crippen LogP contribution in [0.5, 0.6) is 5.75 Å². The predicted octanol–water partition coefficient (Wildman–Crippen LogP) is 5.11. The second-order valence-corrected chi connectivity index (χ2v) is 8.75. The molecular formula is C31H31N3O3. The van der Waals surface area contributed by atoms with Crippen LogP contribution in [-0.2, 0) is 29.1 Å². The highest BCUT2D eigenvalue weighted by molar-refractivity contribution is 5.88. The Kier molecular flexibility index (Phi) is 9.02. The van der Waals surface area contributed by atoms with E-state index in [1.165, 1.54) is 0 Å². The van der Waals surface area contributed by atoms with Gasteiger partial charge in [-0.05, 0) is 46.9 Å². The normalized spacial score (nSPS) is 11.4. The lowest BCUT2D eigenvalue weighted by atomic mass is 10.0. The highest BCUT2D eigenvalue weighted by atomic mass is 16.5. The first-order chi connectivity index (χ1) is 18.1. The van der Waals surface area contributed by atoms with Crippen molar-refractivity contribution in [3.63, 3.8) is 0 Å². The largest absolute Gasteiger partial charge is 0.497 e. The topological polar surface area (TPSA) is 71.5 Å². The van der Waals surface area contributed by atoms with Crippen molar-refractivity contribution >= 4 is 11.8 Å². The van der Waals surface area contributed by atoms with E-state index in [0.29, 0.717) is 19.4 Å². The number of carbonyl (C=O) groups excluding carboxylic acids is 2. The Labute approximate surface area is 217 Å². The van der Waals surface area contributed by atoms with Crippen LogP contribution in [0.25, 0.3) is 0 Å². The van der Waals surface area contributed by atoms with E-state index in [9.17, 15) is 9.59 Å². The minimum absolute atomic E-state index is 0.0925. The zero-order valence-corrected chi connectivity index (χ0v) is 20.9. The summed E-state index contributed by atoms with van der Waals surface area (Å²) in [6, 6.07) is 29.9. The van der Waals surface area contributed by atoms with Crippen molar-refractivity contribution in [1.82, 2.24) is 15.2 Å². The third kappa shape index (κ3) is 7.27. The van der Waals surface area contributed by atoms with Gasteiger partial charge in [-0.1, -0.05) is 78.9 Å². The van der Waals surface area contributed by atoms with Gasteiger partial charge in [-0.15, -0.1) is 0 Å². The summed E-state index contributed by atoms with van der Waals surface area (Å²) >= 11 is 0. The average molecular weight is 494 g/mol. The highest BCUT2D eigenvalue weighted by Crippen LogP contribution is 2.26. The molecule has 0 spiro atoms. The molecule has 4 rings (SSSR count). The van der Waals surface area contributed by atoms with E-state index in [-0.39, 0.29) is 18.4 Å². The molecule has 6 heteroatoms. The van der Waals surface area contributed by atoms with E-state index < -0.39 is 6.04 Å². The number of amides is 2. The predicted molar refractivity (Wildman–Crippen MR) is 144 cm³/mol. The highest BCUT2D eigenvalue weighted by Gasteiger charge is 2.31. The van der Waals surface area contributed by atoms with E-state index in [0.717, 1.165) is 28.0 Å². The molecule has 0 bridgehead atoms. The Morgan fingerprint density at radius 1 is 0.838 bits per heavy atom. The second kappa shape index (κ2) is 13.0. The molecule has 1 N–H and O–H groups in total. The van der Waals surface area contributed by atoms with E-state index in [4.69, 9.17) is 4.74 Å². The fourth-order valence-electron chi connectivity index (χ4n) is 4.19. The van der Waals surface area contributed by atoms with Crippen LogP contribution >= 0.6 is 0 Å². The van der Waals surface area contributed by atoms with Crippen LogP contribution < -0.4 is 10.1 Å². The van der Waals surface area contributed by atoms with Gasteiger partial charge in [-0.2, -0.15) is 0 Å². The summed E-state index contributed by atoms with van der Waals surface area (Å²) in [6.45, 7) is 0.613. The van der Waals surface area contributed by atoms with Gasteiger partial charge >= 0.3 is 0 Å². The van der Waals surface area contributed by atoms with Crippen LogP contribution in [0, 0.1) is 0 Å². The molecule has 1 aromatic heterocycles. The van der Waals surface area contributed by atoms with Crippen LogP contribution in [0.1, 0.15) is 34.7 Å². The zero-order chi connectivity index (χ0) is 25.9. The first-order valence-corrected chi connectivity index (χ1v) is 12.3. The van der Waals surface area contributed by atoms with Crippen LogP contribution in [0.4, 0.5) is 0 Å². The number of nitrogens with zero attached hydrogens (tertiary/aromatic N) is 2. The van der Waals surface area contributed by atoms with E-state index in [1.54, 1.807) is 24.4 Å². The Balaban J connectivity index is 1.63. The molecule has 0 aliphatic rings. The molecule has 37 heavy (non-hydrogen) atoms. The van der Waals surface area contributed by atoms with Gasteiger partial charge in [0.1, 0.15) is 11.8 Å². The monoisotopic (exact) mass is 493 g/mol. The fraction of sp³-hybridized carbons (Fsp3) is 0.194. The summed E-state index contributed by atoms with van der Waals surface area (Å²) in [5, 5.41) is 3.02. The molecule has 0 aliphatic heterocycles. The molecule has 1 atom stereocenters. The summed E-state index contributed by atoms with van der Waals surface area (Å²) < 4.78 is 5.29. The number of aryl methyl sites for hydroxylation is 1. The lowest BCUT2D eigenvalue weighted by Crippen LogP contribution is -2.43. The van der Waals surface area contributed by atoms with Gasteiger partial charge < -0.3 is 15.0 Å². The molecule has 3 aromatic carbocycles. The van der Waals surface area contributed by atoms with Crippen LogP contribution in [-0.4, -0.2) is 28.8 Å². The van der Waals surface area contributed by atoms with Crippen molar-refractivity contribution in [3.05, 3.63) is 132 Å². The van der Waals surface area contributed by atoms with Gasteiger partial charge in [0.05, 0.1) is 7.11 Å². The van der Waals surface area contributed by atoms with E-state index in [1.807, 2.05) is 97.1 Å². The third-order valence-electron chi connectivity index (χ3n) is 6.17. The number of methoxy groups -OCH3 is 1. The molecule has 0 unspecified atom stereocenters. The Hall–Kier alpha value is -4.45. The molecular weight excluding hydrogens is 462 g/mol. The summed E-state index contributed by atoms with van der Waals surface area (Å²) in [7, 11) is 1.62. The first kappa shape index (κ1) is 25.6. The molecule has 188 valence electrons. The number of hydrogen-bond donors (Lipinski definition) is 1. The summed E-state index contributed by atoms with van der Waals surface area (Å²) in [4.78, 5) is 33.2. The number of aromatic nitrogens is 1. The van der Waals surface area contributed by atoms with Crippen molar-refractivity contribution < 1.29 is 14.3 Å². The number of pyridine rings is 1. The average Bonchev–Trinajstić information content (AvgIpc) is 2.96. The van der Waals surface area contributed by atoms with E-state index in [2.05, 4.69) is 10.3 Å². The summed E-state index contributed by atoms with van der Waals surface area (Å²) in [6.07, 6.45) is 4.30. The quantitative estimate of drug-likeness (QED) is 0.315. The van der Waals surface area contributed by atoms with Gasteiger partial charge in [0.2, 0.25) is 11.8 Å². The fourth-order valence-corrected chi connectivity index (χ4v) is 4.19. The van der Waals surface area contributed by atoms with Crippen molar-refractivity contribution in [2.75, 3.05) is 7.11 Å². The lowest BCUT2D eigenvalue weighted by molar-refractivity contribution is -0.141. The van der Waals surface area contributed by atoms with Gasteiger partial charge in [0.15, 0.2) is 0 Å². The van der Waals surface area contributed by atoms with Crippen LogP contribution in [0.2, 0.25) is 0 Å². The molecule has 0 radical (unpaired) electrons. The maximum absolute atomic E-state index is 13.7. The standard InChI is InChI=1S/C31H31N3O3/c1-37-28-17-14-25(15-18-28)23-34(29(35)19-16-24-9-4-2-5-10-24)30(27-12-6-3-7-13-27)31(36)33-22-26-11-8-20-32-21-26/h2-15,17-18,20-21,30H,16,19,22-23H2,1H3,(H,33,36)/t30-/m1/s1. The third-order valence-corrected chi connectivity index (χ3v) is 6.17. The van der Waals surface area contributed by atoms with Crippen molar-refractivity contribution in [3.8, 4) is 5.75 Å². The van der Waals surface area contributed by atoms with Gasteiger partial charge in [0, 0.05) is 31.9 Å². The summed E-state index contributed by atoms with van der Waals surface area (Å²) in [5.74, 6) is 0.404. The molecule has 0 fully saturated rings. The number of ether oxygens (including phenoxy) is 1. The minimum Gasteiger partial charge on any atom is -0.497 e. The maximum atomic E-state index is 13.7. The van der Waals surface area contributed by atoms with Crippen molar-refractivity contribution in [2.24, 2.45) is 0 Å². The Morgan fingerprint density at radius 2 is 1.51 bits per heavy atom. The summed E-state index contributed by atoms with van der Waals surface area (Å²) in [5.41, 5.74) is 3.64. The Morgan fingerprint density at radius 3 is 2.16 bits per heavy atom. The number of carbonyl (C=O) groups is 2. The Bertz CT molecular complexity index is 1260. The second-order valence-electron chi connectivity index (χ2n) is 8.75. The molecule has 0 aliphatic carbocycles. The van der Waals surface area contributed by atoms with Crippen molar-refractivity contribution in [2.45, 2.75) is 32.0 Å². The number of rotatable bonds is 11. The molecule has 4 aromatic rings. The van der Waals surface area contributed by atoms with Gasteiger partial charge in [0.25, 0.3) is 0 Å². The zero-order valence-electron chi connectivity index (χ0n) is 20.9. The van der Waals surface area contributed by atoms with E-state index >= 15 is 0 Å². The number of nitrogens with one attached hydrogen (secondary N) is 1. The first-order valence-electron chi connectivity index (χ1n) is 12.3. The molecule has 2 amide bonds. The minimum atomic E-state index is -0.789. The maximum Gasteiger partial charge on any atom is 0.247 e. The molecule has 1 heterocycles. The molecule has 6 nitrogen and oxygen atoms in total. The van der Waals surface area contributed by atoms with Crippen LogP contribution in [0.15, 0.2) is 109 Å². The molecule has 0 saturated carbocycles. The number of hydrogen-bond acceptors (Lipinski definition) is 4. The van der Waals surface area contributed by atoms with Crippen LogP contribution in [0.3, 0.4) is 0 Å². The number of benzene rings is 3. The molecule has 0 saturated heterocycles. The van der Waals surface area contributed by atoms with Crippen molar-refractivity contribution in [1.29, 1.82) is 0 Å². The SMILES string of the molecule is COc1ccc(CN(C(=O)CCc2ccccc2)[C@@H](C(=O)NCc2cccnc2)c2ccccc2)cc1. The lowest BCUT2D eigenvalue weighted by Gasteiger charge is -2.32. The smallest absolute Gasteiger partial charge is 0.247 e.